The molecule has 0 bridgehead atoms. The molecule has 0 saturated carbocycles. The molecule has 68 valence electrons. The molecule has 0 nitrogen and oxygen atoms in total. The van der Waals surface area contributed by atoms with E-state index < -0.39 is 0 Å². The molecular formula is C9H12BrClS. The Balaban J connectivity index is 2.52. The van der Waals surface area contributed by atoms with Crippen LogP contribution in [-0.2, 0) is 0 Å². The molecule has 0 aliphatic rings. The lowest BCUT2D eigenvalue weighted by Crippen LogP contribution is -1.86. The van der Waals surface area contributed by atoms with Gasteiger partial charge in [-0.25, -0.2) is 0 Å². The fourth-order valence-corrected chi connectivity index (χ4v) is 3.27. The van der Waals surface area contributed by atoms with Crippen LogP contribution in [0.1, 0.15) is 35.9 Å². The van der Waals surface area contributed by atoms with Gasteiger partial charge < -0.3 is 0 Å². The third-order valence-electron chi connectivity index (χ3n) is 1.74. The van der Waals surface area contributed by atoms with Gasteiger partial charge in [-0.3, -0.25) is 0 Å². The standard InChI is InChI=1S/C9H12BrClS/c1-2-3-4-7(10)9-8(11)5-6-12-9/h5-7H,2-4H2,1H3. The molecule has 0 radical (unpaired) electrons. The molecule has 0 aliphatic heterocycles. The van der Waals surface area contributed by atoms with Crippen LogP contribution in [-0.4, -0.2) is 0 Å². The zero-order valence-electron chi connectivity index (χ0n) is 7.02. The Kier molecular flexibility index (Phi) is 4.62. The summed E-state index contributed by atoms with van der Waals surface area (Å²) in [6.45, 7) is 2.20. The van der Waals surface area contributed by atoms with E-state index in [-0.39, 0.29) is 0 Å². The highest BCUT2D eigenvalue weighted by molar-refractivity contribution is 9.09. The summed E-state index contributed by atoms with van der Waals surface area (Å²) in [5, 5.41) is 2.94. The first-order valence-corrected chi connectivity index (χ1v) is 6.30. The summed E-state index contributed by atoms with van der Waals surface area (Å²) in [6.07, 6.45) is 3.67. The van der Waals surface area contributed by atoms with E-state index in [2.05, 4.69) is 22.9 Å². The zero-order chi connectivity index (χ0) is 8.97. The summed E-state index contributed by atoms with van der Waals surface area (Å²) in [5.41, 5.74) is 0. The van der Waals surface area contributed by atoms with Gasteiger partial charge in [0.05, 0.1) is 9.85 Å². The average molecular weight is 268 g/mol. The summed E-state index contributed by atoms with van der Waals surface area (Å²) < 4.78 is 0. The molecule has 1 aromatic rings. The lowest BCUT2D eigenvalue weighted by molar-refractivity contribution is 0.718. The van der Waals surface area contributed by atoms with E-state index in [1.807, 2.05) is 11.4 Å². The van der Waals surface area contributed by atoms with Gasteiger partial charge in [0.2, 0.25) is 0 Å². The fraction of sp³-hybridized carbons (Fsp3) is 0.556. The number of hydrogen-bond donors (Lipinski definition) is 0. The van der Waals surface area contributed by atoms with Crippen molar-refractivity contribution in [2.24, 2.45) is 0 Å². The van der Waals surface area contributed by atoms with Crippen LogP contribution >= 0.6 is 38.9 Å². The molecule has 1 aromatic heterocycles. The molecule has 3 heteroatoms. The van der Waals surface area contributed by atoms with Gasteiger partial charge in [0.15, 0.2) is 0 Å². The first-order chi connectivity index (χ1) is 5.75. The van der Waals surface area contributed by atoms with Gasteiger partial charge in [0, 0.05) is 4.88 Å². The Morgan fingerprint density at radius 1 is 1.67 bits per heavy atom. The van der Waals surface area contributed by atoms with Crippen LogP contribution in [0.4, 0.5) is 0 Å². The number of thiophene rings is 1. The Labute approximate surface area is 91.1 Å². The van der Waals surface area contributed by atoms with Crippen molar-refractivity contribution in [3.8, 4) is 0 Å². The highest BCUT2D eigenvalue weighted by Crippen LogP contribution is 2.36. The smallest absolute Gasteiger partial charge is 0.0556 e. The highest BCUT2D eigenvalue weighted by atomic mass is 79.9. The first kappa shape index (κ1) is 10.6. The van der Waals surface area contributed by atoms with Crippen LogP contribution < -0.4 is 0 Å². The third-order valence-corrected chi connectivity index (χ3v) is 4.43. The first-order valence-electron chi connectivity index (χ1n) is 4.12. The molecule has 1 rings (SSSR count). The van der Waals surface area contributed by atoms with E-state index in [0.29, 0.717) is 4.83 Å². The maximum atomic E-state index is 5.99. The molecule has 0 fully saturated rings. The Morgan fingerprint density at radius 3 is 2.92 bits per heavy atom. The van der Waals surface area contributed by atoms with Crippen molar-refractivity contribution in [2.45, 2.75) is 31.0 Å². The van der Waals surface area contributed by atoms with Crippen molar-refractivity contribution in [3.63, 3.8) is 0 Å². The molecule has 0 amide bonds. The summed E-state index contributed by atoms with van der Waals surface area (Å²) in [6, 6.07) is 1.96. The SMILES string of the molecule is CCCCC(Br)c1sccc1Cl. The summed E-state index contributed by atoms with van der Waals surface area (Å²) in [5.74, 6) is 0. The van der Waals surface area contributed by atoms with Crippen LogP contribution in [0.2, 0.25) is 5.02 Å². The molecule has 1 unspecified atom stereocenters. The number of alkyl halides is 1. The topological polar surface area (TPSA) is 0 Å². The van der Waals surface area contributed by atoms with Crippen LogP contribution in [0.5, 0.6) is 0 Å². The second-order valence-electron chi connectivity index (χ2n) is 2.74. The molecule has 1 atom stereocenters. The van der Waals surface area contributed by atoms with Gasteiger partial charge in [-0.2, -0.15) is 0 Å². The minimum Gasteiger partial charge on any atom is -0.146 e. The largest absolute Gasteiger partial charge is 0.146 e. The third kappa shape index (κ3) is 2.75. The van der Waals surface area contributed by atoms with E-state index in [0.717, 1.165) is 5.02 Å². The maximum absolute atomic E-state index is 5.99. The lowest BCUT2D eigenvalue weighted by atomic mass is 10.2. The second kappa shape index (κ2) is 5.25. The number of hydrogen-bond acceptors (Lipinski definition) is 1. The average Bonchev–Trinajstić information content (AvgIpc) is 2.47. The van der Waals surface area contributed by atoms with Gasteiger partial charge in [-0.1, -0.05) is 47.3 Å². The molecular weight excluding hydrogens is 256 g/mol. The van der Waals surface area contributed by atoms with E-state index in [1.165, 1.54) is 24.1 Å². The van der Waals surface area contributed by atoms with Crippen molar-refractivity contribution >= 4 is 38.9 Å². The van der Waals surface area contributed by atoms with Gasteiger partial charge in [-0.15, -0.1) is 11.3 Å². The fourth-order valence-electron chi connectivity index (χ4n) is 1.04. The molecule has 0 N–H and O–H groups in total. The normalized spacial score (nSPS) is 13.2. The second-order valence-corrected chi connectivity index (χ2v) is 5.20. The number of rotatable bonds is 4. The molecule has 0 saturated heterocycles. The molecule has 0 spiro atoms. The van der Waals surface area contributed by atoms with Crippen LogP contribution in [0, 0.1) is 0 Å². The van der Waals surface area contributed by atoms with Crippen molar-refractivity contribution in [1.29, 1.82) is 0 Å². The van der Waals surface area contributed by atoms with Crippen LogP contribution in [0.25, 0.3) is 0 Å². The van der Waals surface area contributed by atoms with E-state index in [9.17, 15) is 0 Å². The summed E-state index contributed by atoms with van der Waals surface area (Å²) >= 11 is 11.4. The summed E-state index contributed by atoms with van der Waals surface area (Å²) in [7, 11) is 0. The Hall–Kier alpha value is 0.470. The predicted molar refractivity (Wildman–Crippen MR) is 60.5 cm³/mol. The predicted octanol–water partition coefficient (Wildman–Crippen LogP) is 5.03. The van der Waals surface area contributed by atoms with Gasteiger partial charge >= 0.3 is 0 Å². The Morgan fingerprint density at radius 2 is 2.42 bits per heavy atom. The minimum atomic E-state index is 0.449. The molecule has 12 heavy (non-hydrogen) atoms. The number of halogens is 2. The quantitative estimate of drug-likeness (QED) is 0.671. The van der Waals surface area contributed by atoms with Crippen molar-refractivity contribution < 1.29 is 0 Å². The maximum Gasteiger partial charge on any atom is 0.0556 e. The molecule has 1 heterocycles. The Bertz CT molecular complexity index is 234. The monoisotopic (exact) mass is 266 g/mol. The zero-order valence-corrected chi connectivity index (χ0v) is 10.2. The van der Waals surface area contributed by atoms with Gasteiger partial charge in [-0.05, 0) is 17.9 Å². The minimum absolute atomic E-state index is 0.449. The number of unbranched alkanes of at least 4 members (excludes halogenated alkanes) is 1. The van der Waals surface area contributed by atoms with Crippen LogP contribution in [0.3, 0.4) is 0 Å². The molecule has 0 aromatic carbocycles. The van der Waals surface area contributed by atoms with Gasteiger partial charge in [0.1, 0.15) is 0 Å². The van der Waals surface area contributed by atoms with Crippen molar-refractivity contribution in [2.75, 3.05) is 0 Å². The lowest BCUT2D eigenvalue weighted by Gasteiger charge is -2.06. The summed E-state index contributed by atoms with van der Waals surface area (Å²) in [4.78, 5) is 1.72. The van der Waals surface area contributed by atoms with E-state index in [4.69, 9.17) is 11.6 Å². The van der Waals surface area contributed by atoms with E-state index in [1.54, 1.807) is 11.3 Å². The van der Waals surface area contributed by atoms with Crippen molar-refractivity contribution in [1.82, 2.24) is 0 Å². The van der Waals surface area contributed by atoms with Gasteiger partial charge in [0.25, 0.3) is 0 Å². The molecule has 0 aliphatic carbocycles. The van der Waals surface area contributed by atoms with Crippen molar-refractivity contribution in [3.05, 3.63) is 21.3 Å². The van der Waals surface area contributed by atoms with Crippen LogP contribution in [0.15, 0.2) is 11.4 Å². The highest BCUT2D eigenvalue weighted by Gasteiger charge is 2.11. The van der Waals surface area contributed by atoms with E-state index >= 15 is 0 Å².